The number of hydrogen-bond acceptors (Lipinski definition) is 5. The van der Waals surface area contributed by atoms with Gasteiger partial charge in [0.2, 0.25) is 0 Å². The second-order valence-corrected chi connectivity index (χ2v) is 9.01. The van der Waals surface area contributed by atoms with Gasteiger partial charge in [0, 0.05) is 17.0 Å². The summed E-state index contributed by atoms with van der Waals surface area (Å²) in [5.41, 5.74) is 5.70. The molecule has 4 aromatic rings. The number of pyridine rings is 1. The van der Waals surface area contributed by atoms with E-state index in [4.69, 9.17) is 10.2 Å². The van der Waals surface area contributed by atoms with E-state index in [9.17, 15) is 4.79 Å². The Bertz CT molecular complexity index is 1360. The van der Waals surface area contributed by atoms with E-state index in [1.54, 1.807) is 12.1 Å². The van der Waals surface area contributed by atoms with E-state index >= 15 is 0 Å². The molecule has 1 fully saturated rings. The van der Waals surface area contributed by atoms with E-state index in [-0.39, 0.29) is 12.1 Å². The topological polar surface area (TPSA) is 77.8 Å². The molecule has 0 bridgehead atoms. The molecule has 0 radical (unpaired) electrons. The molecule has 0 saturated heterocycles. The molecule has 6 heteroatoms. The summed E-state index contributed by atoms with van der Waals surface area (Å²) < 4.78 is 0. The Morgan fingerprint density at radius 2 is 1.81 bits per heavy atom. The minimum Gasteiger partial charge on any atom is -0.360 e. The number of carbonyl (C=O) groups excluding carboxylic acids is 1. The van der Waals surface area contributed by atoms with Crippen LogP contribution in [0.5, 0.6) is 0 Å². The smallest absolute Gasteiger partial charge is 0.265 e. The van der Waals surface area contributed by atoms with E-state index in [0.29, 0.717) is 16.4 Å². The molecule has 1 amide bonds. The van der Waals surface area contributed by atoms with Gasteiger partial charge >= 0.3 is 0 Å². The van der Waals surface area contributed by atoms with Gasteiger partial charge in [0.15, 0.2) is 0 Å². The highest BCUT2D eigenvalue weighted by Crippen LogP contribution is 2.47. The van der Waals surface area contributed by atoms with Crippen molar-refractivity contribution in [1.82, 2.24) is 10.3 Å². The molecule has 2 aromatic heterocycles. The van der Waals surface area contributed by atoms with E-state index < -0.39 is 0 Å². The Labute approximate surface area is 183 Å². The van der Waals surface area contributed by atoms with Gasteiger partial charge in [-0.2, -0.15) is 5.26 Å². The largest absolute Gasteiger partial charge is 0.360 e. The fourth-order valence-corrected chi connectivity index (χ4v) is 5.22. The Hall–Kier alpha value is -3.69. The molecule has 2 aromatic carbocycles. The van der Waals surface area contributed by atoms with Crippen LogP contribution in [0, 0.1) is 11.3 Å². The van der Waals surface area contributed by atoms with Crippen molar-refractivity contribution in [2.24, 2.45) is 0 Å². The first-order valence-corrected chi connectivity index (χ1v) is 11.1. The minimum absolute atomic E-state index is 0.0990. The highest BCUT2D eigenvalue weighted by atomic mass is 32.1. The van der Waals surface area contributed by atoms with Gasteiger partial charge in [-0.3, -0.25) is 4.79 Å². The number of hydrogen-bond donors (Lipinski definition) is 2. The molecule has 150 valence electrons. The van der Waals surface area contributed by atoms with Crippen molar-refractivity contribution in [2.75, 3.05) is 5.32 Å². The number of amides is 1. The van der Waals surface area contributed by atoms with Crippen LogP contribution in [0.2, 0.25) is 0 Å². The zero-order valence-corrected chi connectivity index (χ0v) is 17.4. The highest BCUT2D eigenvalue weighted by Gasteiger charge is 2.32. The summed E-state index contributed by atoms with van der Waals surface area (Å²) in [5.74, 6) is 0.428. The van der Waals surface area contributed by atoms with Crippen LogP contribution in [-0.2, 0) is 0 Å². The maximum absolute atomic E-state index is 13.0. The summed E-state index contributed by atoms with van der Waals surface area (Å²) >= 11 is 1.45. The van der Waals surface area contributed by atoms with Crippen LogP contribution in [-0.4, -0.2) is 10.9 Å². The van der Waals surface area contributed by atoms with Crippen molar-refractivity contribution in [1.29, 1.82) is 5.26 Å². The third-order valence-electron chi connectivity index (χ3n) is 5.91. The molecule has 1 aliphatic carbocycles. The first-order chi connectivity index (χ1) is 15.2. The molecule has 6 rings (SSSR count). The van der Waals surface area contributed by atoms with Gasteiger partial charge in [0.25, 0.3) is 5.91 Å². The predicted molar refractivity (Wildman–Crippen MR) is 122 cm³/mol. The maximum atomic E-state index is 13.0. The van der Waals surface area contributed by atoms with Crippen molar-refractivity contribution in [3.05, 3.63) is 82.4 Å². The fraction of sp³-hybridized carbons (Fsp3) is 0.160. The van der Waals surface area contributed by atoms with Crippen molar-refractivity contribution < 1.29 is 4.79 Å². The fourth-order valence-electron chi connectivity index (χ4n) is 4.14. The third-order valence-corrected chi connectivity index (χ3v) is 6.99. The Kier molecular flexibility index (Phi) is 4.05. The number of rotatable bonds is 3. The second-order valence-electron chi connectivity index (χ2n) is 8.01. The normalized spacial score (nSPS) is 17.5. The van der Waals surface area contributed by atoms with Crippen LogP contribution >= 0.6 is 11.3 Å². The monoisotopic (exact) mass is 422 g/mol. The molecular formula is C25H18N4OS. The molecule has 1 saturated carbocycles. The number of anilines is 1. The maximum Gasteiger partial charge on any atom is 0.265 e. The number of fused-ring (bicyclic) bond motifs is 3. The predicted octanol–water partition coefficient (Wildman–Crippen LogP) is 5.57. The van der Waals surface area contributed by atoms with Gasteiger partial charge in [-0.15, -0.1) is 11.3 Å². The molecule has 2 N–H and O–H groups in total. The van der Waals surface area contributed by atoms with Crippen LogP contribution in [0.4, 0.5) is 5.69 Å². The lowest BCUT2D eigenvalue weighted by molar-refractivity contribution is 0.0940. The third kappa shape index (κ3) is 3.06. The van der Waals surface area contributed by atoms with Gasteiger partial charge in [-0.1, -0.05) is 42.5 Å². The number of carbonyl (C=O) groups is 1. The molecule has 1 atom stereocenters. The summed E-state index contributed by atoms with van der Waals surface area (Å²) in [7, 11) is 0. The van der Waals surface area contributed by atoms with Crippen LogP contribution < -0.4 is 10.6 Å². The van der Waals surface area contributed by atoms with Crippen LogP contribution in [0.3, 0.4) is 0 Å². The molecule has 2 aliphatic rings. The lowest BCUT2D eigenvalue weighted by atomic mass is 9.99. The zero-order chi connectivity index (χ0) is 20.9. The van der Waals surface area contributed by atoms with Crippen LogP contribution in [0.1, 0.15) is 51.4 Å². The zero-order valence-electron chi connectivity index (χ0n) is 16.6. The van der Waals surface area contributed by atoms with E-state index in [1.807, 2.05) is 30.3 Å². The first-order valence-electron chi connectivity index (χ1n) is 10.3. The standard InChI is InChI=1S/C25H18N4OS/c26-13-14-6-8-17(9-7-14)23-28-21-20-18(15-4-2-1-3-5-15)12-19(16-10-11-16)27-25(20)31-22(21)24(30)29-23/h1-9,12,16,23,28H,10-11H2,(H,29,30)/t23-/m0/s1. The van der Waals surface area contributed by atoms with Gasteiger partial charge in [0.1, 0.15) is 15.9 Å². The molecule has 5 nitrogen and oxygen atoms in total. The number of aromatic nitrogens is 1. The van der Waals surface area contributed by atoms with Gasteiger partial charge in [-0.25, -0.2) is 4.98 Å². The van der Waals surface area contributed by atoms with E-state index in [0.717, 1.165) is 38.3 Å². The number of nitriles is 1. The lowest BCUT2D eigenvalue weighted by Crippen LogP contribution is -2.37. The second kappa shape index (κ2) is 6.93. The lowest BCUT2D eigenvalue weighted by Gasteiger charge is -2.26. The molecule has 0 unspecified atom stereocenters. The minimum atomic E-state index is -0.364. The average molecular weight is 423 g/mol. The number of nitrogens with zero attached hydrogens (tertiary/aromatic N) is 2. The molecular weight excluding hydrogens is 404 g/mol. The summed E-state index contributed by atoms with van der Waals surface area (Å²) in [6.45, 7) is 0. The average Bonchev–Trinajstić information content (AvgIpc) is 3.60. The summed E-state index contributed by atoms with van der Waals surface area (Å²) in [6.07, 6.45) is 1.99. The van der Waals surface area contributed by atoms with Crippen molar-refractivity contribution in [2.45, 2.75) is 24.9 Å². The molecule has 31 heavy (non-hydrogen) atoms. The van der Waals surface area contributed by atoms with Gasteiger partial charge in [-0.05, 0) is 47.7 Å². The van der Waals surface area contributed by atoms with Gasteiger partial charge < -0.3 is 10.6 Å². The van der Waals surface area contributed by atoms with Crippen molar-refractivity contribution >= 4 is 33.1 Å². The SMILES string of the molecule is N#Cc1ccc([C@@H]2NC(=O)c3sc4nc(C5CC5)cc(-c5ccccc5)c4c3N2)cc1. The summed E-state index contributed by atoms with van der Waals surface area (Å²) in [6, 6.07) is 21.9. The Morgan fingerprint density at radius 3 is 2.52 bits per heavy atom. The summed E-state index contributed by atoms with van der Waals surface area (Å²) in [5, 5.41) is 16.6. The van der Waals surface area contributed by atoms with Gasteiger partial charge in [0.05, 0.1) is 17.3 Å². The molecule has 0 spiro atoms. The van der Waals surface area contributed by atoms with Crippen LogP contribution in [0.15, 0.2) is 60.7 Å². The van der Waals surface area contributed by atoms with Crippen molar-refractivity contribution in [3.63, 3.8) is 0 Å². The quantitative estimate of drug-likeness (QED) is 0.453. The first kappa shape index (κ1) is 18.1. The summed E-state index contributed by atoms with van der Waals surface area (Å²) in [4.78, 5) is 19.5. The van der Waals surface area contributed by atoms with E-state index in [2.05, 4.69) is 34.9 Å². The van der Waals surface area contributed by atoms with Crippen LogP contribution in [0.25, 0.3) is 21.3 Å². The van der Waals surface area contributed by atoms with Crippen molar-refractivity contribution in [3.8, 4) is 17.2 Å². The highest BCUT2D eigenvalue weighted by molar-refractivity contribution is 7.21. The molecule has 1 aliphatic heterocycles. The Morgan fingerprint density at radius 1 is 1.03 bits per heavy atom. The van der Waals surface area contributed by atoms with E-state index in [1.165, 1.54) is 24.2 Å². The number of benzene rings is 2. The molecule has 3 heterocycles. The number of thiophene rings is 1. The Balaban J connectivity index is 1.52. The number of nitrogens with one attached hydrogen (secondary N) is 2.